The highest BCUT2D eigenvalue weighted by Gasteiger charge is 2.30. The van der Waals surface area contributed by atoms with E-state index in [0.717, 1.165) is 13.1 Å². The van der Waals surface area contributed by atoms with E-state index in [1.165, 1.54) is 0 Å². The van der Waals surface area contributed by atoms with Crippen molar-refractivity contribution in [2.45, 2.75) is 24.8 Å². The zero-order valence-electron chi connectivity index (χ0n) is 12.7. The highest BCUT2D eigenvalue weighted by Crippen LogP contribution is 2.22. The van der Waals surface area contributed by atoms with E-state index in [0.29, 0.717) is 17.9 Å². The highest BCUT2D eigenvalue weighted by molar-refractivity contribution is 7.90. The Kier molecular flexibility index (Phi) is 6.80. The van der Waals surface area contributed by atoms with Crippen LogP contribution in [0.2, 0.25) is 0 Å². The molecule has 1 aromatic carbocycles. The smallest absolute Gasteiger partial charge is 0.263 e. The third-order valence-corrected chi connectivity index (χ3v) is 4.88. The van der Waals surface area contributed by atoms with E-state index >= 15 is 0 Å². The minimum absolute atomic E-state index is 0. The molecule has 8 heteroatoms. The Morgan fingerprint density at radius 1 is 1.27 bits per heavy atom. The molecule has 0 fully saturated rings. The SMILES string of the molecule is CCN(CC)CC(O)CN=C1NS(=O)(=O)c2ccccc21.[Cl-]. The van der Waals surface area contributed by atoms with Crippen LogP contribution in [0, 0.1) is 0 Å². The van der Waals surface area contributed by atoms with Gasteiger partial charge in [-0.2, -0.15) is 0 Å². The summed E-state index contributed by atoms with van der Waals surface area (Å²) in [6, 6.07) is 6.70. The maximum atomic E-state index is 11.9. The number of aliphatic hydroxyl groups excluding tert-OH is 1. The van der Waals surface area contributed by atoms with E-state index in [1.54, 1.807) is 24.3 Å². The number of nitrogens with zero attached hydrogens (tertiary/aromatic N) is 2. The van der Waals surface area contributed by atoms with Crippen LogP contribution in [0.3, 0.4) is 0 Å². The largest absolute Gasteiger partial charge is 1.00 e. The second-order valence-corrected chi connectivity index (χ2v) is 6.58. The summed E-state index contributed by atoms with van der Waals surface area (Å²) < 4.78 is 26.3. The Morgan fingerprint density at radius 2 is 1.91 bits per heavy atom. The zero-order valence-corrected chi connectivity index (χ0v) is 14.2. The molecule has 0 radical (unpaired) electrons. The number of hydrogen-bond donors (Lipinski definition) is 2. The molecular weight excluding hydrogens is 326 g/mol. The van der Waals surface area contributed by atoms with Gasteiger partial charge in [0.2, 0.25) is 0 Å². The molecule has 0 aliphatic carbocycles. The van der Waals surface area contributed by atoms with Gasteiger partial charge in [-0.05, 0) is 25.2 Å². The van der Waals surface area contributed by atoms with E-state index in [1.807, 2.05) is 13.8 Å². The van der Waals surface area contributed by atoms with Crippen molar-refractivity contribution in [3.05, 3.63) is 29.8 Å². The van der Waals surface area contributed by atoms with Crippen LogP contribution in [-0.4, -0.2) is 56.5 Å². The summed E-state index contributed by atoms with van der Waals surface area (Å²) in [5.74, 6) is 0.309. The third kappa shape index (κ3) is 4.19. The molecule has 0 spiro atoms. The fraction of sp³-hybridized carbons (Fsp3) is 0.500. The van der Waals surface area contributed by atoms with Crippen LogP contribution in [0.1, 0.15) is 19.4 Å². The summed E-state index contributed by atoms with van der Waals surface area (Å²) in [5.41, 5.74) is 0.563. The molecule has 1 aliphatic rings. The van der Waals surface area contributed by atoms with Crippen molar-refractivity contribution in [1.29, 1.82) is 0 Å². The second kappa shape index (κ2) is 7.92. The third-order valence-electron chi connectivity index (χ3n) is 3.49. The van der Waals surface area contributed by atoms with Gasteiger partial charge >= 0.3 is 0 Å². The van der Waals surface area contributed by atoms with Gasteiger partial charge in [-0.15, -0.1) is 0 Å². The van der Waals surface area contributed by atoms with E-state index in [2.05, 4.69) is 14.6 Å². The van der Waals surface area contributed by atoms with Gasteiger partial charge in [0.05, 0.1) is 17.5 Å². The first kappa shape index (κ1) is 18.9. The van der Waals surface area contributed by atoms with Crippen LogP contribution in [-0.2, 0) is 10.0 Å². The van der Waals surface area contributed by atoms with Crippen molar-refractivity contribution < 1.29 is 25.9 Å². The van der Waals surface area contributed by atoms with Gasteiger partial charge in [0.15, 0.2) is 0 Å². The summed E-state index contributed by atoms with van der Waals surface area (Å²) in [5, 5.41) is 9.99. The van der Waals surface area contributed by atoms with Crippen molar-refractivity contribution in [2.24, 2.45) is 4.99 Å². The molecule has 0 bridgehead atoms. The van der Waals surface area contributed by atoms with Crippen LogP contribution in [0.25, 0.3) is 0 Å². The summed E-state index contributed by atoms with van der Waals surface area (Å²) in [6.45, 7) is 6.48. The number of likely N-dealkylation sites (N-methyl/N-ethyl adjacent to an activating group) is 1. The van der Waals surface area contributed by atoms with Crippen molar-refractivity contribution in [2.75, 3.05) is 26.2 Å². The van der Waals surface area contributed by atoms with Gasteiger partial charge in [-0.3, -0.25) is 9.71 Å². The molecule has 0 saturated carbocycles. The van der Waals surface area contributed by atoms with Crippen LogP contribution < -0.4 is 17.1 Å². The topological polar surface area (TPSA) is 82.0 Å². The minimum atomic E-state index is -3.51. The predicted molar refractivity (Wildman–Crippen MR) is 82.0 cm³/mol. The predicted octanol–water partition coefficient (Wildman–Crippen LogP) is -2.57. The molecule has 0 saturated heterocycles. The van der Waals surface area contributed by atoms with Gasteiger partial charge < -0.3 is 22.4 Å². The molecule has 1 aliphatic heterocycles. The van der Waals surface area contributed by atoms with Gasteiger partial charge in [0.1, 0.15) is 5.84 Å². The van der Waals surface area contributed by atoms with Crippen LogP contribution in [0.15, 0.2) is 34.2 Å². The van der Waals surface area contributed by atoms with Crippen molar-refractivity contribution in [1.82, 2.24) is 9.62 Å². The fourth-order valence-corrected chi connectivity index (χ4v) is 3.54. The summed E-state index contributed by atoms with van der Waals surface area (Å²) in [4.78, 5) is 6.56. The maximum Gasteiger partial charge on any atom is 0.263 e. The quantitative estimate of drug-likeness (QED) is 0.593. The van der Waals surface area contributed by atoms with E-state index < -0.39 is 16.1 Å². The molecule has 22 heavy (non-hydrogen) atoms. The van der Waals surface area contributed by atoms with Gasteiger partial charge in [0, 0.05) is 12.1 Å². The molecule has 2 N–H and O–H groups in total. The molecule has 2 rings (SSSR count). The molecule has 124 valence electrons. The molecule has 0 aromatic heterocycles. The van der Waals surface area contributed by atoms with Gasteiger partial charge in [-0.25, -0.2) is 8.42 Å². The van der Waals surface area contributed by atoms with Gasteiger partial charge in [-0.1, -0.05) is 26.0 Å². The molecule has 1 heterocycles. The number of amidine groups is 1. The lowest BCUT2D eigenvalue weighted by atomic mass is 10.2. The molecule has 1 unspecified atom stereocenters. The number of rotatable bonds is 6. The van der Waals surface area contributed by atoms with Crippen molar-refractivity contribution in [3.8, 4) is 0 Å². The van der Waals surface area contributed by atoms with Crippen LogP contribution >= 0.6 is 0 Å². The lowest BCUT2D eigenvalue weighted by Gasteiger charge is -2.20. The Labute approximate surface area is 137 Å². The first-order valence-electron chi connectivity index (χ1n) is 7.05. The minimum Gasteiger partial charge on any atom is -1.00 e. The standard InChI is InChI=1S/C14H21N3O3S.ClH/c1-3-17(4-2)10-11(18)9-15-14-12-7-5-6-8-13(12)21(19,20)16-14;/h5-8,11,18H,3-4,9-10H2,1-2H3,(H,15,16);1H/p-1. The lowest BCUT2D eigenvalue weighted by Crippen LogP contribution is -3.00. The van der Waals surface area contributed by atoms with E-state index in [-0.39, 0.29) is 23.8 Å². The Balaban J connectivity index is 0.00000242. The fourth-order valence-electron chi connectivity index (χ4n) is 2.29. The maximum absolute atomic E-state index is 11.9. The number of halogens is 1. The number of nitrogens with one attached hydrogen (secondary N) is 1. The number of benzene rings is 1. The van der Waals surface area contributed by atoms with E-state index in [9.17, 15) is 13.5 Å². The number of aliphatic imine (C=N–C) groups is 1. The molecule has 1 aromatic rings. The first-order valence-corrected chi connectivity index (χ1v) is 8.53. The van der Waals surface area contributed by atoms with Crippen LogP contribution in [0.4, 0.5) is 0 Å². The molecule has 0 amide bonds. The lowest BCUT2D eigenvalue weighted by molar-refractivity contribution is -0.00000903. The summed E-state index contributed by atoms with van der Waals surface area (Å²) >= 11 is 0. The molecule has 1 atom stereocenters. The number of hydrogen-bond acceptors (Lipinski definition) is 5. The number of sulfonamides is 1. The average molecular weight is 347 g/mol. The van der Waals surface area contributed by atoms with Crippen molar-refractivity contribution in [3.63, 3.8) is 0 Å². The Morgan fingerprint density at radius 3 is 2.55 bits per heavy atom. The Hall–Kier alpha value is -1.15. The first-order chi connectivity index (χ1) is 9.97. The number of fused-ring (bicyclic) bond motifs is 1. The van der Waals surface area contributed by atoms with Crippen molar-refractivity contribution >= 4 is 15.9 Å². The van der Waals surface area contributed by atoms with Crippen LogP contribution in [0.5, 0.6) is 0 Å². The summed E-state index contributed by atoms with van der Waals surface area (Å²) in [7, 11) is -3.51. The van der Waals surface area contributed by atoms with E-state index in [4.69, 9.17) is 0 Å². The molecular formula is C14H21ClN3O3S-. The summed E-state index contributed by atoms with van der Waals surface area (Å²) in [6.07, 6.45) is -0.616. The second-order valence-electron chi connectivity index (χ2n) is 4.93. The number of aliphatic hydroxyl groups is 1. The molecule has 6 nitrogen and oxygen atoms in total. The zero-order chi connectivity index (χ0) is 15.5. The normalized spacial score (nSPS) is 18.6. The highest BCUT2D eigenvalue weighted by atomic mass is 35.5. The average Bonchev–Trinajstić information content (AvgIpc) is 2.74. The van der Waals surface area contributed by atoms with Gasteiger partial charge in [0.25, 0.3) is 10.0 Å². The monoisotopic (exact) mass is 346 g/mol. The Bertz CT molecular complexity index is 630.